The van der Waals surface area contributed by atoms with Crippen molar-refractivity contribution >= 4 is 5.91 Å². The summed E-state index contributed by atoms with van der Waals surface area (Å²) in [6.45, 7) is 2.26. The van der Waals surface area contributed by atoms with Gasteiger partial charge in [-0.2, -0.15) is 0 Å². The summed E-state index contributed by atoms with van der Waals surface area (Å²) in [6, 6.07) is 9.46. The molecule has 5 nitrogen and oxygen atoms in total. The van der Waals surface area contributed by atoms with Crippen molar-refractivity contribution in [2.45, 2.75) is 13.5 Å². The number of pyridine rings is 1. The van der Waals surface area contributed by atoms with Gasteiger partial charge in [0.25, 0.3) is 5.91 Å². The van der Waals surface area contributed by atoms with Gasteiger partial charge in [0.2, 0.25) is 0 Å². The standard InChI is InChI=1S/C17H17N3O2/c1-12-3-4-15(22-12)10-19-17(21)16-9-14(11-20(16)2)13-5-7-18-8-6-13/h3-9,11H,10H2,1-2H3,(H,19,21). The van der Waals surface area contributed by atoms with Crippen molar-refractivity contribution < 1.29 is 9.21 Å². The van der Waals surface area contributed by atoms with Crippen molar-refractivity contribution in [2.24, 2.45) is 7.05 Å². The molecule has 0 atom stereocenters. The van der Waals surface area contributed by atoms with Gasteiger partial charge in [-0.15, -0.1) is 0 Å². The second-order valence-electron chi connectivity index (χ2n) is 5.16. The number of nitrogens with one attached hydrogen (secondary N) is 1. The van der Waals surface area contributed by atoms with E-state index in [0.29, 0.717) is 12.2 Å². The van der Waals surface area contributed by atoms with E-state index in [-0.39, 0.29) is 5.91 Å². The van der Waals surface area contributed by atoms with Crippen LogP contribution in [0.4, 0.5) is 0 Å². The second kappa shape index (κ2) is 5.89. The fourth-order valence-electron chi connectivity index (χ4n) is 2.33. The van der Waals surface area contributed by atoms with Gasteiger partial charge in [-0.05, 0) is 42.8 Å². The molecule has 0 saturated heterocycles. The predicted octanol–water partition coefficient (Wildman–Crippen LogP) is 2.92. The van der Waals surface area contributed by atoms with Crippen LogP contribution in [0, 0.1) is 6.92 Å². The molecule has 0 spiro atoms. The van der Waals surface area contributed by atoms with Gasteiger partial charge in [-0.1, -0.05) is 0 Å². The molecule has 5 heteroatoms. The van der Waals surface area contributed by atoms with Crippen LogP contribution in [-0.4, -0.2) is 15.5 Å². The van der Waals surface area contributed by atoms with E-state index >= 15 is 0 Å². The van der Waals surface area contributed by atoms with Crippen molar-refractivity contribution in [3.05, 3.63) is 66.1 Å². The minimum Gasteiger partial charge on any atom is -0.465 e. The number of carbonyl (C=O) groups excluding carboxylic acids is 1. The first kappa shape index (κ1) is 14.1. The molecule has 0 aliphatic rings. The Labute approximate surface area is 128 Å². The Morgan fingerprint density at radius 3 is 2.68 bits per heavy atom. The number of carbonyl (C=O) groups is 1. The van der Waals surface area contributed by atoms with Crippen LogP contribution in [0.2, 0.25) is 0 Å². The maximum absolute atomic E-state index is 12.3. The lowest BCUT2D eigenvalue weighted by molar-refractivity contribution is 0.0939. The lowest BCUT2D eigenvalue weighted by atomic mass is 10.1. The lowest BCUT2D eigenvalue weighted by Gasteiger charge is -2.04. The molecule has 0 aliphatic carbocycles. The Bertz CT molecular complexity index is 787. The van der Waals surface area contributed by atoms with Crippen LogP contribution in [0.25, 0.3) is 11.1 Å². The summed E-state index contributed by atoms with van der Waals surface area (Å²) in [6.07, 6.45) is 5.41. The van der Waals surface area contributed by atoms with E-state index < -0.39 is 0 Å². The van der Waals surface area contributed by atoms with Crippen LogP contribution in [0.5, 0.6) is 0 Å². The van der Waals surface area contributed by atoms with Gasteiger partial charge in [-0.25, -0.2) is 0 Å². The Morgan fingerprint density at radius 2 is 2.00 bits per heavy atom. The van der Waals surface area contributed by atoms with Crippen LogP contribution < -0.4 is 5.32 Å². The minimum absolute atomic E-state index is 0.128. The lowest BCUT2D eigenvalue weighted by Crippen LogP contribution is -2.24. The first-order chi connectivity index (χ1) is 10.6. The molecule has 0 aromatic carbocycles. The van der Waals surface area contributed by atoms with E-state index in [4.69, 9.17) is 4.42 Å². The molecule has 0 saturated carbocycles. The van der Waals surface area contributed by atoms with Gasteiger partial charge in [-0.3, -0.25) is 9.78 Å². The summed E-state index contributed by atoms with van der Waals surface area (Å²) in [5.41, 5.74) is 2.63. The molecule has 0 bridgehead atoms. The second-order valence-corrected chi connectivity index (χ2v) is 5.16. The minimum atomic E-state index is -0.128. The fraction of sp³-hybridized carbons (Fsp3) is 0.176. The summed E-state index contributed by atoms with van der Waals surface area (Å²) >= 11 is 0. The maximum atomic E-state index is 12.3. The van der Waals surface area contributed by atoms with Crippen LogP contribution in [0.3, 0.4) is 0 Å². The van der Waals surface area contributed by atoms with Crippen molar-refractivity contribution in [1.29, 1.82) is 0 Å². The van der Waals surface area contributed by atoms with Crippen LogP contribution in [-0.2, 0) is 13.6 Å². The summed E-state index contributed by atoms with van der Waals surface area (Å²) < 4.78 is 7.26. The fourth-order valence-corrected chi connectivity index (χ4v) is 2.33. The highest BCUT2D eigenvalue weighted by molar-refractivity contribution is 5.94. The molecule has 1 N–H and O–H groups in total. The zero-order valence-electron chi connectivity index (χ0n) is 12.5. The molecular formula is C17H17N3O2. The molecular weight excluding hydrogens is 278 g/mol. The summed E-state index contributed by atoms with van der Waals surface area (Å²) in [5, 5.41) is 2.87. The van der Waals surface area contributed by atoms with E-state index in [9.17, 15) is 4.79 Å². The Hall–Kier alpha value is -2.82. The largest absolute Gasteiger partial charge is 0.465 e. The Kier molecular flexibility index (Phi) is 3.78. The average Bonchev–Trinajstić information content (AvgIpc) is 3.12. The number of amides is 1. The molecule has 3 aromatic rings. The monoisotopic (exact) mass is 295 g/mol. The smallest absolute Gasteiger partial charge is 0.268 e. The molecule has 0 radical (unpaired) electrons. The van der Waals surface area contributed by atoms with Crippen LogP contribution in [0.1, 0.15) is 22.0 Å². The van der Waals surface area contributed by atoms with Crippen molar-refractivity contribution in [1.82, 2.24) is 14.9 Å². The van der Waals surface area contributed by atoms with E-state index in [1.807, 2.05) is 55.1 Å². The molecule has 22 heavy (non-hydrogen) atoms. The summed E-state index contributed by atoms with van der Waals surface area (Å²) in [5.74, 6) is 1.45. The van der Waals surface area contributed by atoms with Crippen molar-refractivity contribution in [3.8, 4) is 11.1 Å². The highest BCUT2D eigenvalue weighted by atomic mass is 16.3. The normalized spacial score (nSPS) is 10.6. The first-order valence-electron chi connectivity index (χ1n) is 7.04. The van der Waals surface area contributed by atoms with Gasteiger partial charge in [0.15, 0.2) is 0 Å². The van der Waals surface area contributed by atoms with Crippen LogP contribution >= 0.6 is 0 Å². The van der Waals surface area contributed by atoms with Crippen molar-refractivity contribution in [2.75, 3.05) is 0 Å². The highest BCUT2D eigenvalue weighted by Gasteiger charge is 2.13. The molecule has 3 rings (SSSR count). The molecule has 0 unspecified atom stereocenters. The number of aryl methyl sites for hydroxylation is 2. The zero-order valence-corrected chi connectivity index (χ0v) is 12.5. The van der Waals surface area contributed by atoms with Gasteiger partial charge in [0.1, 0.15) is 17.2 Å². The number of hydrogen-bond acceptors (Lipinski definition) is 3. The third-order valence-corrected chi connectivity index (χ3v) is 3.47. The SMILES string of the molecule is Cc1ccc(CNC(=O)c2cc(-c3ccncc3)cn2C)o1. The number of furan rings is 1. The molecule has 0 fully saturated rings. The molecule has 3 aromatic heterocycles. The molecule has 1 amide bonds. The quantitative estimate of drug-likeness (QED) is 0.805. The number of aromatic nitrogens is 2. The Morgan fingerprint density at radius 1 is 1.23 bits per heavy atom. The zero-order chi connectivity index (χ0) is 15.5. The van der Waals surface area contributed by atoms with E-state index in [1.165, 1.54) is 0 Å². The number of nitrogens with zero attached hydrogens (tertiary/aromatic N) is 2. The summed E-state index contributed by atoms with van der Waals surface area (Å²) in [4.78, 5) is 16.3. The topological polar surface area (TPSA) is 60.1 Å². The third-order valence-electron chi connectivity index (χ3n) is 3.47. The molecule has 3 heterocycles. The molecule has 0 aliphatic heterocycles. The third kappa shape index (κ3) is 2.93. The Balaban J connectivity index is 1.74. The van der Waals surface area contributed by atoms with E-state index in [2.05, 4.69) is 10.3 Å². The average molecular weight is 295 g/mol. The van der Waals surface area contributed by atoms with Gasteiger partial charge < -0.3 is 14.3 Å². The number of hydrogen-bond donors (Lipinski definition) is 1. The van der Waals surface area contributed by atoms with Gasteiger partial charge in [0.05, 0.1) is 6.54 Å². The van der Waals surface area contributed by atoms with E-state index in [1.54, 1.807) is 12.4 Å². The number of rotatable bonds is 4. The van der Waals surface area contributed by atoms with E-state index in [0.717, 1.165) is 22.6 Å². The van der Waals surface area contributed by atoms with Gasteiger partial charge >= 0.3 is 0 Å². The first-order valence-corrected chi connectivity index (χ1v) is 7.04. The van der Waals surface area contributed by atoms with Crippen molar-refractivity contribution in [3.63, 3.8) is 0 Å². The van der Waals surface area contributed by atoms with Crippen LogP contribution in [0.15, 0.2) is 53.3 Å². The maximum Gasteiger partial charge on any atom is 0.268 e. The molecule has 112 valence electrons. The highest BCUT2D eigenvalue weighted by Crippen LogP contribution is 2.21. The summed E-state index contributed by atoms with van der Waals surface area (Å²) in [7, 11) is 1.86. The predicted molar refractivity (Wildman–Crippen MR) is 83.3 cm³/mol. The van der Waals surface area contributed by atoms with Gasteiger partial charge in [0, 0.05) is 31.2 Å².